The van der Waals surface area contributed by atoms with Gasteiger partial charge in [0.2, 0.25) is 0 Å². The lowest BCUT2D eigenvalue weighted by molar-refractivity contribution is 0.242. The van der Waals surface area contributed by atoms with Crippen LogP contribution in [0, 0.1) is 5.82 Å². The number of hydrogen-bond donors (Lipinski definition) is 0. The van der Waals surface area contributed by atoms with Gasteiger partial charge in [0.15, 0.2) is 0 Å². The van der Waals surface area contributed by atoms with E-state index in [0.717, 1.165) is 147 Å². The summed E-state index contributed by atoms with van der Waals surface area (Å²) in [7, 11) is 11.1. The van der Waals surface area contributed by atoms with Crippen molar-refractivity contribution < 1.29 is 42.3 Å². The maximum absolute atomic E-state index is 13.5. The average Bonchev–Trinajstić information content (AvgIpc) is 1.05. The van der Waals surface area contributed by atoms with E-state index in [2.05, 4.69) is 239 Å². The van der Waals surface area contributed by atoms with E-state index < -0.39 is 0 Å². The minimum absolute atomic E-state index is 0.153. The maximum atomic E-state index is 13.5. The lowest BCUT2D eigenvalue weighted by Gasteiger charge is -2.21. The molecule has 1 aliphatic heterocycles. The van der Waals surface area contributed by atoms with Crippen LogP contribution in [0.4, 0.5) is 10.1 Å². The highest BCUT2D eigenvalue weighted by Crippen LogP contribution is 2.41. The number of unbranched alkanes of at least 4 members (excludes halogenated alkanes) is 4. The number of benzene rings is 12. The standard InChI is InChI=1S/C29H35FO2.C27H33NO2.C27H32O2.C26H27ClO2/c1-21(2)31-27-17-9-23(10-18-27)7-5-6-8-29(24-11-15-26(30)16-12-24)25-13-19-28(20-14-25)32-22(3)4;1-28(2)23-17-13-21(14-18-23)9-5-6-10-25(22-15-19-24(29-3)20-16-22)26-11-7-8-12-27(26)30-4;1-21(2)29-24-19-17-23(18-20-24)25(26-15-9-10-16-27(26)28-3)14-8-7-13-22-11-5-4-6-12-22;1-28-26-9-5-4-8-24(26)23(20-11-13-22(27)14-12-20)7-3-2-6-19-10-15-25-21(18-19)16-17-29-25/h9-22,29H,5-8H2,1-4H3;7-8,11-20,25H,5-6,9-10H2,1-4H3;4-6,9-12,15-21,25H,7-8,13-14H2,1-3H3;4-5,8-15,18,23H,2-3,6-7,16-17H2,1H3/t29-;2*25-;23-/m1000/s1. The fourth-order valence-corrected chi connectivity index (χ4v) is 16.1. The Morgan fingerprint density at radius 2 is 0.658 bits per heavy atom. The summed E-state index contributed by atoms with van der Waals surface area (Å²) in [4.78, 5) is 2.14. The zero-order valence-corrected chi connectivity index (χ0v) is 73.7. The highest BCUT2D eigenvalue weighted by atomic mass is 35.5. The molecular weight excluding hydrogens is 1510 g/mol. The Hall–Kier alpha value is -10.9. The van der Waals surface area contributed by atoms with Crippen LogP contribution in [0.25, 0.3) is 0 Å². The average molecular weight is 1630 g/mol. The minimum Gasteiger partial charge on any atom is -0.497 e. The first-order valence-electron chi connectivity index (χ1n) is 43.3. The van der Waals surface area contributed by atoms with E-state index in [1.165, 1.54) is 98.1 Å². The van der Waals surface area contributed by atoms with Crippen LogP contribution in [0.3, 0.4) is 0 Å². The number of aryl methyl sites for hydroxylation is 4. The predicted molar refractivity (Wildman–Crippen MR) is 497 cm³/mol. The summed E-state index contributed by atoms with van der Waals surface area (Å²) in [5.74, 6) is 8.51. The molecule has 12 aromatic rings. The number of anilines is 1. The third-order valence-corrected chi connectivity index (χ3v) is 22.3. The third-order valence-electron chi connectivity index (χ3n) is 22.1. The molecule has 1 aliphatic rings. The minimum atomic E-state index is -0.196. The van der Waals surface area contributed by atoms with Crippen molar-refractivity contribution in [2.75, 3.05) is 54.0 Å². The van der Waals surface area contributed by atoms with Crippen molar-refractivity contribution in [3.05, 3.63) is 374 Å². The molecule has 9 nitrogen and oxygen atoms in total. The first-order valence-corrected chi connectivity index (χ1v) is 43.7. The van der Waals surface area contributed by atoms with Crippen LogP contribution in [-0.2, 0) is 32.1 Å². The molecule has 11 heteroatoms. The lowest BCUT2D eigenvalue weighted by atomic mass is 9.86. The van der Waals surface area contributed by atoms with Crippen molar-refractivity contribution in [1.82, 2.24) is 0 Å². The van der Waals surface area contributed by atoms with Crippen LogP contribution in [0.15, 0.2) is 291 Å². The first-order chi connectivity index (χ1) is 58.4. The molecule has 0 radical (unpaired) electrons. The molecule has 120 heavy (non-hydrogen) atoms. The zero-order chi connectivity index (χ0) is 84.8. The fourth-order valence-electron chi connectivity index (χ4n) is 15.9. The summed E-state index contributed by atoms with van der Waals surface area (Å²) in [6.45, 7) is 13.1. The molecule has 0 unspecified atom stereocenters. The monoisotopic (exact) mass is 1630 g/mol. The number of nitrogens with zero attached hydrogens (tertiary/aromatic N) is 1. The topological polar surface area (TPSA) is 77.1 Å². The van der Waals surface area contributed by atoms with E-state index in [4.69, 9.17) is 49.5 Å². The number of halogens is 2. The summed E-state index contributed by atoms with van der Waals surface area (Å²) >= 11 is 6.12. The van der Waals surface area contributed by atoms with Gasteiger partial charge >= 0.3 is 0 Å². The molecule has 0 aliphatic carbocycles. The van der Waals surface area contributed by atoms with E-state index in [0.29, 0.717) is 17.8 Å². The first kappa shape index (κ1) is 91.4. The molecule has 0 saturated heterocycles. The molecule has 0 spiro atoms. The van der Waals surface area contributed by atoms with Crippen LogP contribution < -0.4 is 42.8 Å². The van der Waals surface area contributed by atoms with Gasteiger partial charge < -0.3 is 42.8 Å². The summed E-state index contributed by atoms with van der Waals surface area (Å²) in [6, 6.07) is 100. The SMILES string of the molecule is CC(C)Oc1ccc(CCCC[C@H](c2ccc(F)cc2)c2ccc(OC(C)C)cc2)cc1.COc1ccc([C@H](CCCCc2ccc(N(C)C)cc2)c2ccccc2OC)cc1.COc1ccccc1[C@@H](CCCCc1ccc2c(c1)CCO2)c1ccc(Cl)cc1.COc1ccccc1[C@@H](CCCCc1ccccc1)c1ccc(OC(C)C)cc1. The normalized spacial score (nSPS) is 12.4. The second-order valence-corrected chi connectivity index (χ2v) is 32.6. The number of ether oxygens (including phenoxy) is 8. The summed E-state index contributed by atoms with van der Waals surface area (Å²) in [6.07, 6.45) is 19.4. The van der Waals surface area contributed by atoms with E-state index >= 15 is 0 Å². The second kappa shape index (κ2) is 49.0. The Kier molecular flexibility index (Phi) is 37.3. The lowest BCUT2D eigenvalue weighted by Crippen LogP contribution is -2.08. The van der Waals surface area contributed by atoms with Crippen LogP contribution in [0.1, 0.15) is 215 Å². The van der Waals surface area contributed by atoms with Gasteiger partial charge in [-0.05, 0) is 283 Å². The molecule has 0 bridgehead atoms. The van der Waals surface area contributed by atoms with Gasteiger partial charge in [-0.15, -0.1) is 0 Å². The Morgan fingerprint density at radius 3 is 1.05 bits per heavy atom. The Balaban J connectivity index is 0.000000168. The van der Waals surface area contributed by atoms with Crippen LogP contribution in [-0.4, -0.2) is 67.5 Å². The Labute approximate surface area is 722 Å². The van der Waals surface area contributed by atoms with Gasteiger partial charge in [0.25, 0.3) is 0 Å². The highest BCUT2D eigenvalue weighted by molar-refractivity contribution is 6.30. The van der Waals surface area contributed by atoms with Gasteiger partial charge in [0, 0.05) is 71.6 Å². The van der Waals surface area contributed by atoms with E-state index in [1.54, 1.807) is 40.6 Å². The molecule has 0 aromatic heterocycles. The number of para-hydroxylation sites is 3. The van der Waals surface area contributed by atoms with Crippen LogP contribution >= 0.6 is 11.6 Å². The molecule has 0 saturated carbocycles. The maximum Gasteiger partial charge on any atom is 0.123 e. The van der Waals surface area contributed by atoms with Crippen molar-refractivity contribution in [3.63, 3.8) is 0 Å². The zero-order valence-electron chi connectivity index (χ0n) is 73.0. The Bertz CT molecular complexity index is 4880. The number of hydrogen-bond acceptors (Lipinski definition) is 9. The largest absolute Gasteiger partial charge is 0.497 e. The molecule has 12 aromatic carbocycles. The molecule has 1 heterocycles. The van der Waals surface area contributed by atoms with E-state index in [1.807, 2.05) is 100 Å². The molecule has 0 fully saturated rings. The van der Waals surface area contributed by atoms with Gasteiger partial charge in [0.1, 0.15) is 51.8 Å². The number of methoxy groups -OCH3 is 4. The smallest absolute Gasteiger partial charge is 0.123 e. The molecule has 13 rings (SSSR count). The molecule has 630 valence electrons. The van der Waals surface area contributed by atoms with Crippen molar-refractivity contribution in [2.45, 2.75) is 193 Å². The quantitative estimate of drug-likeness (QED) is 0.0350. The third kappa shape index (κ3) is 29.2. The summed E-state index contributed by atoms with van der Waals surface area (Å²) < 4.78 is 58.8. The van der Waals surface area contributed by atoms with Crippen molar-refractivity contribution >= 4 is 17.3 Å². The molecule has 0 amide bonds. The molecule has 4 atom stereocenters. The highest BCUT2D eigenvalue weighted by Gasteiger charge is 2.23. The van der Waals surface area contributed by atoms with Gasteiger partial charge in [0.05, 0.1) is 53.4 Å². The van der Waals surface area contributed by atoms with E-state index in [-0.39, 0.29) is 30.0 Å². The van der Waals surface area contributed by atoms with Crippen molar-refractivity contribution in [3.8, 4) is 46.0 Å². The van der Waals surface area contributed by atoms with Crippen molar-refractivity contribution in [1.29, 1.82) is 0 Å². The summed E-state index contributed by atoms with van der Waals surface area (Å²) in [5.41, 5.74) is 18.2. The summed E-state index contributed by atoms with van der Waals surface area (Å²) in [5, 5.41) is 0.771. The van der Waals surface area contributed by atoms with Gasteiger partial charge in [-0.1, -0.05) is 219 Å². The fraction of sp³-hybridized carbons (Fsp3) is 0.339. The van der Waals surface area contributed by atoms with Crippen LogP contribution in [0.5, 0.6) is 46.0 Å². The van der Waals surface area contributed by atoms with Gasteiger partial charge in [-0.25, -0.2) is 4.39 Å². The van der Waals surface area contributed by atoms with Gasteiger partial charge in [-0.2, -0.15) is 0 Å². The second-order valence-electron chi connectivity index (χ2n) is 32.2. The predicted octanol–water partition coefficient (Wildman–Crippen LogP) is 28.1. The number of fused-ring (bicyclic) bond motifs is 1. The molecular formula is C109H127ClFNO8. The molecule has 0 N–H and O–H groups in total. The Morgan fingerprint density at radius 1 is 0.333 bits per heavy atom. The van der Waals surface area contributed by atoms with Crippen molar-refractivity contribution in [2.24, 2.45) is 0 Å². The van der Waals surface area contributed by atoms with Gasteiger partial charge in [-0.3, -0.25) is 0 Å². The van der Waals surface area contributed by atoms with E-state index in [9.17, 15) is 4.39 Å². The number of rotatable bonds is 39. The van der Waals surface area contributed by atoms with Crippen LogP contribution in [0.2, 0.25) is 5.02 Å².